The fraction of sp³-hybridized carbons (Fsp3) is 0. The molecule has 92 valence electrons. The van der Waals surface area contributed by atoms with Gasteiger partial charge >= 0.3 is 0 Å². The molecule has 19 heavy (non-hydrogen) atoms. The molecule has 0 saturated heterocycles. The summed E-state index contributed by atoms with van der Waals surface area (Å²) < 4.78 is 1.09. The number of aromatic nitrogens is 1. The van der Waals surface area contributed by atoms with Gasteiger partial charge in [-0.1, -0.05) is 70.5 Å². The maximum Gasteiger partial charge on any atom is 0.0702 e. The highest BCUT2D eigenvalue weighted by Crippen LogP contribution is 2.28. The molecule has 1 nitrogen and oxygen atoms in total. The molecule has 0 saturated carbocycles. The van der Waals surface area contributed by atoms with Gasteiger partial charge in [-0.05, 0) is 17.7 Å². The molecule has 0 unspecified atom stereocenters. The second-order valence-electron chi connectivity index (χ2n) is 4.28. The maximum atomic E-state index is 4.55. The number of hydrogen-bond acceptors (Lipinski definition) is 1. The average molecular weight is 310 g/mol. The summed E-state index contributed by atoms with van der Waals surface area (Å²) in [5, 5.41) is 0. The summed E-state index contributed by atoms with van der Waals surface area (Å²) in [6.07, 6.45) is 1.92. The van der Waals surface area contributed by atoms with Gasteiger partial charge in [0.05, 0.1) is 5.69 Å². The third-order valence-corrected chi connectivity index (χ3v) is 3.71. The molecule has 1 aromatic heterocycles. The zero-order chi connectivity index (χ0) is 13.1. The highest BCUT2D eigenvalue weighted by molar-refractivity contribution is 9.10. The van der Waals surface area contributed by atoms with Crippen LogP contribution in [-0.2, 0) is 0 Å². The standard InChI is InChI=1S/C17H12BrN/c18-16-9-5-4-8-15(16)14-10-11-17(19-12-14)13-6-2-1-3-7-13/h1-12H. The lowest BCUT2D eigenvalue weighted by Gasteiger charge is -2.05. The summed E-state index contributed by atoms with van der Waals surface area (Å²) in [7, 11) is 0. The van der Waals surface area contributed by atoms with Gasteiger partial charge < -0.3 is 0 Å². The average Bonchev–Trinajstić information content (AvgIpc) is 2.49. The van der Waals surface area contributed by atoms with E-state index in [-0.39, 0.29) is 0 Å². The van der Waals surface area contributed by atoms with E-state index in [1.54, 1.807) is 0 Å². The Bertz CT molecular complexity index is 675. The van der Waals surface area contributed by atoms with Gasteiger partial charge in [0.1, 0.15) is 0 Å². The lowest BCUT2D eigenvalue weighted by molar-refractivity contribution is 1.32. The van der Waals surface area contributed by atoms with Crippen LogP contribution in [0.2, 0.25) is 0 Å². The Labute approximate surface area is 121 Å². The summed E-state index contributed by atoms with van der Waals surface area (Å²) in [6, 6.07) is 22.5. The fourth-order valence-electron chi connectivity index (χ4n) is 2.03. The minimum absolute atomic E-state index is 0.997. The van der Waals surface area contributed by atoms with Gasteiger partial charge in [0.2, 0.25) is 0 Å². The van der Waals surface area contributed by atoms with Gasteiger partial charge in [0.15, 0.2) is 0 Å². The first kappa shape index (κ1) is 12.1. The number of rotatable bonds is 2. The Hall–Kier alpha value is -1.93. The van der Waals surface area contributed by atoms with E-state index in [2.05, 4.69) is 51.2 Å². The molecule has 0 amide bonds. The van der Waals surface area contributed by atoms with Crippen LogP contribution in [0.1, 0.15) is 0 Å². The third-order valence-electron chi connectivity index (χ3n) is 3.02. The van der Waals surface area contributed by atoms with E-state index in [1.165, 1.54) is 0 Å². The van der Waals surface area contributed by atoms with Crippen LogP contribution in [0.3, 0.4) is 0 Å². The van der Waals surface area contributed by atoms with Crippen LogP contribution in [0.5, 0.6) is 0 Å². The van der Waals surface area contributed by atoms with Crippen LogP contribution in [0, 0.1) is 0 Å². The van der Waals surface area contributed by atoms with Crippen molar-refractivity contribution in [2.24, 2.45) is 0 Å². The van der Waals surface area contributed by atoms with Crippen molar-refractivity contribution in [1.29, 1.82) is 0 Å². The molecule has 2 aromatic carbocycles. The molecule has 1 heterocycles. The second kappa shape index (κ2) is 5.37. The van der Waals surface area contributed by atoms with Gasteiger partial charge in [0, 0.05) is 21.8 Å². The lowest BCUT2D eigenvalue weighted by Crippen LogP contribution is -1.85. The highest BCUT2D eigenvalue weighted by atomic mass is 79.9. The zero-order valence-electron chi connectivity index (χ0n) is 10.3. The van der Waals surface area contributed by atoms with Gasteiger partial charge in [0.25, 0.3) is 0 Å². The largest absolute Gasteiger partial charge is 0.256 e. The normalized spacial score (nSPS) is 10.4. The quantitative estimate of drug-likeness (QED) is 0.635. The van der Waals surface area contributed by atoms with Crippen molar-refractivity contribution in [1.82, 2.24) is 4.98 Å². The van der Waals surface area contributed by atoms with Crippen molar-refractivity contribution >= 4 is 15.9 Å². The summed E-state index contributed by atoms with van der Waals surface area (Å²) in [4.78, 5) is 4.55. The highest BCUT2D eigenvalue weighted by Gasteiger charge is 2.03. The molecular weight excluding hydrogens is 298 g/mol. The second-order valence-corrected chi connectivity index (χ2v) is 5.13. The van der Waals surface area contributed by atoms with Crippen molar-refractivity contribution < 1.29 is 0 Å². The Morgan fingerprint density at radius 1 is 0.684 bits per heavy atom. The van der Waals surface area contributed by atoms with Crippen LogP contribution in [-0.4, -0.2) is 4.98 Å². The van der Waals surface area contributed by atoms with Gasteiger partial charge in [-0.2, -0.15) is 0 Å². The van der Waals surface area contributed by atoms with E-state index >= 15 is 0 Å². The van der Waals surface area contributed by atoms with Crippen molar-refractivity contribution in [2.45, 2.75) is 0 Å². The minimum Gasteiger partial charge on any atom is -0.256 e. The van der Waals surface area contributed by atoms with Crippen molar-refractivity contribution in [3.63, 3.8) is 0 Å². The molecule has 0 aliphatic heterocycles. The minimum atomic E-state index is 0.997. The number of pyridine rings is 1. The third kappa shape index (κ3) is 2.59. The first-order valence-electron chi connectivity index (χ1n) is 6.11. The number of nitrogens with zero attached hydrogens (tertiary/aromatic N) is 1. The molecule has 3 rings (SSSR count). The molecule has 0 bridgehead atoms. The smallest absolute Gasteiger partial charge is 0.0702 e. The number of halogens is 1. The molecule has 0 aliphatic rings. The van der Waals surface area contributed by atoms with Crippen LogP contribution in [0.4, 0.5) is 0 Å². The Morgan fingerprint density at radius 3 is 2.11 bits per heavy atom. The predicted molar refractivity (Wildman–Crippen MR) is 82.8 cm³/mol. The first-order chi connectivity index (χ1) is 9.34. The summed E-state index contributed by atoms with van der Waals surface area (Å²) in [5.41, 5.74) is 4.42. The SMILES string of the molecule is Brc1ccccc1-c1ccc(-c2ccccc2)nc1. The molecule has 2 heteroatoms. The summed E-state index contributed by atoms with van der Waals surface area (Å²) in [6.45, 7) is 0. The molecule has 0 N–H and O–H groups in total. The van der Waals surface area contributed by atoms with E-state index in [9.17, 15) is 0 Å². The van der Waals surface area contributed by atoms with Crippen molar-refractivity contribution in [3.05, 3.63) is 77.4 Å². The van der Waals surface area contributed by atoms with Gasteiger partial charge in [-0.3, -0.25) is 4.98 Å². The van der Waals surface area contributed by atoms with Crippen molar-refractivity contribution in [2.75, 3.05) is 0 Å². The molecule has 0 aliphatic carbocycles. The molecule has 0 spiro atoms. The molecular formula is C17H12BrN. The molecule has 3 aromatic rings. The predicted octanol–water partition coefficient (Wildman–Crippen LogP) is 5.18. The Morgan fingerprint density at radius 2 is 1.42 bits per heavy atom. The van der Waals surface area contributed by atoms with Crippen molar-refractivity contribution in [3.8, 4) is 22.4 Å². The van der Waals surface area contributed by atoms with E-state index < -0.39 is 0 Å². The number of hydrogen-bond donors (Lipinski definition) is 0. The summed E-state index contributed by atoms with van der Waals surface area (Å²) >= 11 is 3.57. The van der Waals surface area contributed by atoms with E-state index in [0.717, 1.165) is 26.9 Å². The van der Waals surface area contributed by atoms with E-state index in [4.69, 9.17) is 0 Å². The van der Waals surface area contributed by atoms with E-state index in [1.807, 2.05) is 42.6 Å². The lowest BCUT2D eigenvalue weighted by atomic mass is 10.1. The Kier molecular flexibility index (Phi) is 3.43. The fourth-order valence-corrected chi connectivity index (χ4v) is 2.54. The van der Waals surface area contributed by atoms with Gasteiger partial charge in [-0.25, -0.2) is 0 Å². The van der Waals surface area contributed by atoms with Gasteiger partial charge in [-0.15, -0.1) is 0 Å². The first-order valence-corrected chi connectivity index (χ1v) is 6.90. The van der Waals surface area contributed by atoms with Crippen LogP contribution < -0.4 is 0 Å². The monoisotopic (exact) mass is 309 g/mol. The topological polar surface area (TPSA) is 12.9 Å². The molecule has 0 fully saturated rings. The molecule has 0 atom stereocenters. The van der Waals surface area contributed by atoms with Crippen LogP contribution in [0.25, 0.3) is 22.4 Å². The zero-order valence-corrected chi connectivity index (χ0v) is 11.8. The van der Waals surface area contributed by atoms with Crippen LogP contribution in [0.15, 0.2) is 77.4 Å². The molecule has 0 radical (unpaired) electrons. The maximum absolute atomic E-state index is 4.55. The van der Waals surface area contributed by atoms with Crippen LogP contribution >= 0.6 is 15.9 Å². The summed E-state index contributed by atoms with van der Waals surface area (Å²) in [5.74, 6) is 0. The Balaban J connectivity index is 1.98. The van der Waals surface area contributed by atoms with E-state index in [0.29, 0.717) is 0 Å². The number of benzene rings is 2.